The number of halogens is 1. The number of fused-ring (bicyclic) bond motifs is 2. The van der Waals surface area contributed by atoms with Crippen LogP contribution in [0.3, 0.4) is 0 Å². The van der Waals surface area contributed by atoms with Crippen LogP contribution in [0, 0.1) is 0 Å². The van der Waals surface area contributed by atoms with Crippen LogP contribution in [-0.4, -0.2) is 94.3 Å². The normalized spacial score (nSPS) is 19.0. The van der Waals surface area contributed by atoms with Crippen LogP contribution in [0.1, 0.15) is 41.0 Å². The van der Waals surface area contributed by atoms with Gasteiger partial charge in [0.05, 0.1) is 24.9 Å². The van der Waals surface area contributed by atoms with Crippen molar-refractivity contribution in [3.63, 3.8) is 0 Å². The van der Waals surface area contributed by atoms with Crippen molar-refractivity contribution in [2.45, 2.75) is 50.0 Å². The van der Waals surface area contributed by atoms with Crippen LogP contribution in [0.4, 0.5) is 0 Å². The lowest BCUT2D eigenvalue weighted by Gasteiger charge is -2.40. The Bertz CT molecular complexity index is 1810. The number of oxazole rings is 1. The van der Waals surface area contributed by atoms with Crippen LogP contribution in [0.5, 0.6) is 0 Å². The lowest BCUT2D eigenvalue weighted by atomic mass is 10.1. The lowest BCUT2D eigenvalue weighted by Crippen LogP contribution is -2.57. The molecule has 2 atom stereocenters. The Labute approximate surface area is 266 Å². The molecular formula is C31H35ClN6O6S. The van der Waals surface area contributed by atoms with E-state index in [-0.39, 0.29) is 68.6 Å². The van der Waals surface area contributed by atoms with E-state index in [4.69, 9.17) is 16.0 Å². The Morgan fingerprint density at radius 2 is 1.96 bits per heavy atom. The zero-order valence-electron chi connectivity index (χ0n) is 24.8. The molecule has 0 spiro atoms. The average Bonchev–Trinajstić information content (AvgIpc) is 3.65. The molecule has 0 bridgehead atoms. The van der Waals surface area contributed by atoms with Crippen LogP contribution >= 0.6 is 11.6 Å². The van der Waals surface area contributed by atoms with Crippen LogP contribution in [0.15, 0.2) is 64.0 Å². The molecule has 238 valence electrons. The molecule has 0 radical (unpaired) electrons. The first-order valence-corrected chi connectivity index (χ1v) is 16.7. The summed E-state index contributed by atoms with van der Waals surface area (Å²) >= 11 is 6.11. The fraction of sp³-hybridized carbons (Fsp3) is 0.387. The molecule has 45 heavy (non-hydrogen) atoms. The molecule has 2 unspecified atom stereocenters. The summed E-state index contributed by atoms with van der Waals surface area (Å²) in [5.41, 5.74) is 2.22. The highest BCUT2D eigenvalue weighted by molar-refractivity contribution is 7.89. The minimum absolute atomic E-state index is 0.00222. The van der Waals surface area contributed by atoms with Crippen LogP contribution in [0.2, 0.25) is 5.02 Å². The number of carbonyl (C=O) groups excluding carboxylic acids is 2. The van der Waals surface area contributed by atoms with E-state index in [2.05, 4.69) is 15.3 Å². The van der Waals surface area contributed by atoms with Gasteiger partial charge in [0.2, 0.25) is 5.91 Å². The van der Waals surface area contributed by atoms with Crippen molar-refractivity contribution >= 4 is 44.3 Å². The molecule has 2 aromatic heterocycles. The van der Waals surface area contributed by atoms with E-state index in [9.17, 15) is 23.1 Å². The molecule has 0 saturated carbocycles. The number of aromatic amines is 1. The van der Waals surface area contributed by atoms with Gasteiger partial charge in [-0.25, -0.2) is 13.4 Å². The molecule has 4 heterocycles. The van der Waals surface area contributed by atoms with Gasteiger partial charge in [0.25, 0.3) is 15.9 Å². The molecule has 1 fully saturated rings. The smallest absolute Gasteiger partial charge is 0.310 e. The standard InChI is InChI=1S/C31H35ClN6O6S/c1-20-13-26-27(17-33-20)44-30(35-26)31(41)38-10-9-37(45(42,43)28-15-22-14-23(32)7-8-25(22)34-28)19-24(38)16-29(40)36(11-12-39)18-21-5-3-2-4-6-21/h2-8,14-15,20,24,33-34,39H,9-13,16-19H2,1H3. The zero-order valence-corrected chi connectivity index (χ0v) is 26.4. The summed E-state index contributed by atoms with van der Waals surface area (Å²) in [6.07, 6.45) is 0.456. The molecule has 14 heteroatoms. The van der Waals surface area contributed by atoms with Gasteiger partial charge >= 0.3 is 5.91 Å². The summed E-state index contributed by atoms with van der Waals surface area (Å²) in [6.45, 7) is 2.51. The molecule has 6 rings (SSSR count). The van der Waals surface area contributed by atoms with E-state index in [1.54, 1.807) is 18.2 Å². The molecule has 1 saturated heterocycles. The number of nitrogens with one attached hydrogen (secondary N) is 2. The summed E-state index contributed by atoms with van der Waals surface area (Å²) in [5, 5.41) is 14.1. The highest BCUT2D eigenvalue weighted by Gasteiger charge is 2.40. The van der Waals surface area contributed by atoms with Gasteiger partial charge in [-0.3, -0.25) is 9.59 Å². The Kier molecular flexibility index (Phi) is 8.98. The number of rotatable bonds is 9. The summed E-state index contributed by atoms with van der Waals surface area (Å²) in [6, 6.07) is 15.3. The molecule has 2 amide bonds. The van der Waals surface area contributed by atoms with E-state index < -0.39 is 22.0 Å². The summed E-state index contributed by atoms with van der Waals surface area (Å²) in [4.78, 5) is 38.0. The van der Waals surface area contributed by atoms with Crippen molar-refractivity contribution in [1.82, 2.24) is 29.4 Å². The first-order chi connectivity index (χ1) is 21.6. The second-order valence-corrected chi connectivity index (χ2v) is 13.8. The molecule has 4 aromatic rings. The van der Waals surface area contributed by atoms with Crippen molar-refractivity contribution in [3.8, 4) is 0 Å². The second-order valence-electron chi connectivity index (χ2n) is 11.5. The third-order valence-corrected chi connectivity index (χ3v) is 10.3. The predicted octanol–water partition coefficient (Wildman–Crippen LogP) is 2.77. The third-order valence-electron chi connectivity index (χ3n) is 8.30. The van der Waals surface area contributed by atoms with E-state index >= 15 is 0 Å². The molecule has 2 aromatic carbocycles. The molecule has 2 aliphatic rings. The van der Waals surface area contributed by atoms with Crippen molar-refractivity contribution in [3.05, 3.63) is 82.5 Å². The van der Waals surface area contributed by atoms with E-state index in [0.29, 0.717) is 40.3 Å². The maximum absolute atomic E-state index is 13.9. The molecule has 0 aliphatic carbocycles. The Balaban J connectivity index is 1.28. The number of benzene rings is 2. The lowest BCUT2D eigenvalue weighted by molar-refractivity contribution is -0.133. The average molecular weight is 655 g/mol. The molecule has 3 N–H and O–H groups in total. The molecule has 2 aliphatic heterocycles. The van der Waals surface area contributed by atoms with Crippen LogP contribution in [-0.2, 0) is 34.3 Å². The summed E-state index contributed by atoms with van der Waals surface area (Å²) < 4.78 is 34.9. The number of nitrogens with zero attached hydrogens (tertiary/aromatic N) is 4. The number of aromatic nitrogens is 2. The number of hydrogen-bond donors (Lipinski definition) is 3. The van der Waals surface area contributed by atoms with Crippen molar-refractivity contribution in [1.29, 1.82) is 0 Å². The maximum Gasteiger partial charge on any atom is 0.310 e. The Morgan fingerprint density at radius 3 is 2.73 bits per heavy atom. The Morgan fingerprint density at radius 1 is 1.16 bits per heavy atom. The van der Waals surface area contributed by atoms with Gasteiger partial charge in [-0.15, -0.1) is 0 Å². The fourth-order valence-corrected chi connectivity index (χ4v) is 7.58. The Hall–Kier alpha value is -3.75. The van der Waals surface area contributed by atoms with Crippen LogP contribution in [0.25, 0.3) is 10.9 Å². The minimum Gasteiger partial charge on any atom is -0.436 e. The van der Waals surface area contributed by atoms with Gasteiger partial charge in [-0.1, -0.05) is 41.9 Å². The largest absolute Gasteiger partial charge is 0.436 e. The first kappa shape index (κ1) is 31.2. The third kappa shape index (κ3) is 6.63. The molecule has 12 nitrogen and oxygen atoms in total. The van der Waals surface area contributed by atoms with Gasteiger partial charge in [0.15, 0.2) is 0 Å². The topological polar surface area (TPSA) is 152 Å². The summed E-state index contributed by atoms with van der Waals surface area (Å²) in [5.74, 6) is -0.293. The molecular weight excluding hydrogens is 620 g/mol. The van der Waals surface area contributed by atoms with Gasteiger partial charge in [0, 0.05) is 67.5 Å². The minimum atomic E-state index is -4.02. The second kappa shape index (κ2) is 12.9. The highest BCUT2D eigenvalue weighted by Crippen LogP contribution is 2.28. The van der Waals surface area contributed by atoms with Crippen LogP contribution < -0.4 is 5.32 Å². The first-order valence-electron chi connectivity index (χ1n) is 14.9. The van der Waals surface area contributed by atoms with Crippen molar-refractivity contribution in [2.75, 3.05) is 32.8 Å². The van der Waals surface area contributed by atoms with Crippen molar-refractivity contribution < 1.29 is 27.5 Å². The number of hydrogen-bond acceptors (Lipinski definition) is 8. The van der Waals surface area contributed by atoms with Crippen molar-refractivity contribution in [2.24, 2.45) is 0 Å². The maximum atomic E-state index is 13.9. The van der Waals surface area contributed by atoms with E-state index in [1.807, 2.05) is 37.3 Å². The van der Waals surface area contributed by atoms with E-state index in [1.165, 1.54) is 20.2 Å². The van der Waals surface area contributed by atoms with Gasteiger partial charge in [0.1, 0.15) is 10.8 Å². The van der Waals surface area contributed by atoms with Gasteiger partial charge in [-0.2, -0.15) is 4.31 Å². The van der Waals surface area contributed by atoms with Gasteiger partial charge in [-0.05, 0) is 36.8 Å². The number of H-pyrrole nitrogens is 1. The predicted molar refractivity (Wildman–Crippen MR) is 167 cm³/mol. The number of amides is 2. The number of piperazine rings is 1. The highest BCUT2D eigenvalue weighted by atomic mass is 35.5. The quantitative estimate of drug-likeness (QED) is 0.249. The fourth-order valence-electron chi connectivity index (χ4n) is 5.91. The number of aliphatic hydroxyl groups excluding tert-OH is 1. The monoisotopic (exact) mass is 654 g/mol. The van der Waals surface area contributed by atoms with E-state index in [0.717, 1.165) is 5.56 Å². The number of aliphatic hydroxyl groups is 1. The van der Waals surface area contributed by atoms with Gasteiger partial charge < -0.3 is 29.6 Å². The number of sulfonamides is 1. The SMILES string of the molecule is CC1Cc2nc(C(=O)N3CCN(S(=O)(=O)c4cc5cc(Cl)ccc5[nH]4)CC3CC(=O)N(CCO)Cc3ccccc3)oc2CN1. The zero-order chi connectivity index (χ0) is 31.7. The number of carbonyl (C=O) groups is 2. The summed E-state index contributed by atoms with van der Waals surface area (Å²) in [7, 11) is -4.02.